The van der Waals surface area contributed by atoms with E-state index in [2.05, 4.69) is 31.2 Å². The molecule has 1 nitrogen and oxygen atoms in total. The van der Waals surface area contributed by atoms with Crippen molar-refractivity contribution in [3.63, 3.8) is 0 Å². The van der Waals surface area contributed by atoms with Crippen molar-refractivity contribution in [3.8, 4) is 0 Å². The molecule has 0 unspecified atom stereocenters. The monoisotopic (exact) mass is 188 g/mol. The Morgan fingerprint density at radius 2 is 2.00 bits per heavy atom. The molecule has 0 aliphatic heterocycles. The maximum absolute atomic E-state index is 11.1. The molecule has 74 valence electrons. The Morgan fingerprint density at radius 3 is 2.43 bits per heavy atom. The number of aryl methyl sites for hydroxylation is 1. The first-order valence-electron chi connectivity index (χ1n) is 5.31. The summed E-state index contributed by atoms with van der Waals surface area (Å²) in [4.78, 5) is 11.1. The highest BCUT2D eigenvalue weighted by Crippen LogP contribution is 2.47. The standard InChI is InChI=1S/C13H16O/c1-3-10-4-6-11(7-5-10)13-8-12(13)9(2)14/h4-7,12-13H,3,8H2,1-2H3/t12-,13-/m1/s1. The molecule has 1 fully saturated rings. The van der Waals surface area contributed by atoms with Gasteiger partial charge in [0.1, 0.15) is 5.78 Å². The van der Waals surface area contributed by atoms with Crippen molar-refractivity contribution in [2.75, 3.05) is 0 Å². The summed E-state index contributed by atoms with van der Waals surface area (Å²) >= 11 is 0. The third kappa shape index (κ3) is 1.72. The molecule has 0 heterocycles. The molecule has 1 aromatic rings. The Bertz CT molecular complexity index is 337. The summed E-state index contributed by atoms with van der Waals surface area (Å²) in [5, 5.41) is 0. The van der Waals surface area contributed by atoms with Crippen LogP contribution in [0.15, 0.2) is 24.3 Å². The molecule has 0 aromatic heterocycles. The molecule has 1 heteroatoms. The lowest BCUT2D eigenvalue weighted by molar-refractivity contribution is -0.118. The van der Waals surface area contributed by atoms with Crippen molar-refractivity contribution < 1.29 is 4.79 Å². The molecule has 0 saturated heterocycles. The number of Topliss-reactive ketones (excluding diaryl/α,β-unsaturated/α-hetero) is 1. The van der Waals surface area contributed by atoms with Crippen LogP contribution in [0.1, 0.15) is 37.3 Å². The van der Waals surface area contributed by atoms with E-state index in [-0.39, 0.29) is 0 Å². The van der Waals surface area contributed by atoms with Crippen molar-refractivity contribution in [1.82, 2.24) is 0 Å². The summed E-state index contributed by atoms with van der Waals surface area (Å²) < 4.78 is 0. The molecule has 0 amide bonds. The van der Waals surface area contributed by atoms with Gasteiger partial charge in [-0.15, -0.1) is 0 Å². The van der Waals surface area contributed by atoms with Gasteiger partial charge in [-0.1, -0.05) is 31.2 Å². The molecule has 1 aromatic carbocycles. The predicted molar refractivity (Wildman–Crippen MR) is 57.3 cm³/mol. The summed E-state index contributed by atoms with van der Waals surface area (Å²) in [6.07, 6.45) is 2.14. The van der Waals surface area contributed by atoms with E-state index in [0.29, 0.717) is 17.6 Å². The molecule has 1 aliphatic carbocycles. The second-order valence-corrected chi connectivity index (χ2v) is 4.15. The molecule has 14 heavy (non-hydrogen) atoms. The van der Waals surface area contributed by atoms with Gasteiger partial charge < -0.3 is 0 Å². The van der Waals surface area contributed by atoms with Crippen LogP contribution < -0.4 is 0 Å². The van der Waals surface area contributed by atoms with Crippen LogP contribution in [0.2, 0.25) is 0 Å². The Labute approximate surface area is 85.1 Å². The number of rotatable bonds is 3. The smallest absolute Gasteiger partial charge is 0.133 e. The number of hydrogen-bond acceptors (Lipinski definition) is 1. The molecule has 2 atom stereocenters. The fraction of sp³-hybridized carbons (Fsp3) is 0.462. The average Bonchev–Trinajstić information content (AvgIpc) is 2.97. The number of ketones is 1. The number of benzene rings is 1. The highest BCUT2D eigenvalue weighted by Gasteiger charge is 2.41. The number of carbonyl (C=O) groups excluding carboxylic acids is 1. The fourth-order valence-electron chi connectivity index (χ4n) is 2.01. The van der Waals surface area contributed by atoms with E-state index in [1.54, 1.807) is 6.92 Å². The molecule has 0 radical (unpaired) electrons. The quantitative estimate of drug-likeness (QED) is 0.712. The summed E-state index contributed by atoms with van der Waals surface area (Å²) in [7, 11) is 0. The average molecular weight is 188 g/mol. The van der Waals surface area contributed by atoms with Crippen molar-refractivity contribution in [2.24, 2.45) is 5.92 Å². The van der Waals surface area contributed by atoms with E-state index >= 15 is 0 Å². The first-order valence-corrected chi connectivity index (χ1v) is 5.31. The Kier molecular flexibility index (Phi) is 2.40. The van der Waals surface area contributed by atoms with Crippen LogP contribution in [-0.2, 0) is 11.2 Å². The minimum atomic E-state index is 0.308. The van der Waals surface area contributed by atoms with E-state index in [0.717, 1.165) is 12.8 Å². The van der Waals surface area contributed by atoms with Gasteiger partial charge in [-0.3, -0.25) is 4.79 Å². The lowest BCUT2D eigenvalue weighted by atomic mass is 10.0. The highest BCUT2D eigenvalue weighted by molar-refractivity contribution is 5.82. The highest BCUT2D eigenvalue weighted by atomic mass is 16.1. The maximum atomic E-state index is 11.1. The minimum absolute atomic E-state index is 0.308. The summed E-state index contributed by atoms with van der Waals surface area (Å²) in [6.45, 7) is 3.86. The van der Waals surface area contributed by atoms with E-state index < -0.39 is 0 Å². The van der Waals surface area contributed by atoms with Gasteiger partial charge in [-0.05, 0) is 36.8 Å². The largest absolute Gasteiger partial charge is 0.300 e. The van der Waals surface area contributed by atoms with Gasteiger partial charge in [0.15, 0.2) is 0 Å². The van der Waals surface area contributed by atoms with Crippen LogP contribution >= 0.6 is 0 Å². The molecule has 0 spiro atoms. The Balaban J connectivity index is 2.08. The number of carbonyl (C=O) groups is 1. The SMILES string of the molecule is CCc1ccc([C@H]2C[C@@H]2C(C)=O)cc1. The lowest BCUT2D eigenvalue weighted by Crippen LogP contribution is -1.94. The first kappa shape index (κ1) is 9.45. The van der Waals surface area contributed by atoms with Gasteiger partial charge >= 0.3 is 0 Å². The maximum Gasteiger partial charge on any atom is 0.133 e. The second kappa shape index (κ2) is 3.56. The van der Waals surface area contributed by atoms with Gasteiger partial charge in [0.2, 0.25) is 0 Å². The van der Waals surface area contributed by atoms with Gasteiger partial charge in [0.25, 0.3) is 0 Å². The third-order valence-corrected chi connectivity index (χ3v) is 3.13. The van der Waals surface area contributed by atoms with E-state index in [4.69, 9.17) is 0 Å². The first-order chi connectivity index (χ1) is 6.72. The Morgan fingerprint density at radius 1 is 1.36 bits per heavy atom. The topological polar surface area (TPSA) is 17.1 Å². The van der Waals surface area contributed by atoms with Gasteiger partial charge in [-0.25, -0.2) is 0 Å². The van der Waals surface area contributed by atoms with Crippen LogP contribution in [0.3, 0.4) is 0 Å². The molecular weight excluding hydrogens is 172 g/mol. The van der Waals surface area contributed by atoms with Crippen LogP contribution in [-0.4, -0.2) is 5.78 Å². The molecule has 0 bridgehead atoms. The van der Waals surface area contributed by atoms with Gasteiger partial charge in [-0.2, -0.15) is 0 Å². The molecule has 0 N–H and O–H groups in total. The summed E-state index contributed by atoms with van der Waals surface area (Å²) in [6, 6.07) is 8.69. The molecule has 2 rings (SSSR count). The zero-order valence-electron chi connectivity index (χ0n) is 8.79. The van der Waals surface area contributed by atoms with Crippen molar-refractivity contribution in [2.45, 2.75) is 32.6 Å². The summed E-state index contributed by atoms with van der Waals surface area (Å²) in [5.41, 5.74) is 2.70. The predicted octanol–water partition coefficient (Wildman–Crippen LogP) is 2.94. The van der Waals surface area contributed by atoms with Crippen LogP contribution in [0, 0.1) is 5.92 Å². The Hall–Kier alpha value is -1.11. The summed E-state index contributed by atoms with van der Waals surface area (Å²) in [5.74, 6) is 1.16. The van der Waals surface area contributed by atoms with E-state index in [9.17, 15) is 4.79 Å². The zero-order chi connectivity index (χ0) is 10.1. The van der Waals surface area contributed by atoms with Gasteiger partial charge in [0, 0.05) is 5.92 Å². The van der Waals surface area contributed by atoms with E-state index in [1.165, 1.54) is 11.1 Å². The molecular formula is C13H16O. The van der Waals surface area contributed by atoms with Crippen molar-refractivity contribution in [3.05, 3.63) is 35.4 Å². The lowest BCUT2D eigenvalue weighted by Gasteiger charge is -2.00. The minimum Gasteiger partial charge on any atom is -0.300 e. The van der Waals surface area contributed by atoms with Crippen molar-refractivity contribution in [1.29, 1.82) is 0 Å². The molecule has 1 aliphatic rings. The van der Waals surface area contributed by atoms with Crippen LogP contribution in [0.4, 0.5) is 0 Å². The van der Waals surface area contributed by atoms with Crippen LogP contribution in [0.25, 0.3) is 0 Å². The normalized spacial score (nSPS) is 24.7. The molecule has 1 saturated carbocycles. The zero-order valence-corrected chi connectivity index (χ0v) is 8.79. The van der Waals surface area contributed by atoms with Crippen molar-refractivity contribution >= 4 is 5.78 Å². The third-order valence-electron chi connectivity index (χ3n) is 3.13. The second-order valence-electron chi connectivity index (χ2n) is 4.15. The number of hydrogen-bond donors (Lipinski definition) is 0. The van der Waals surface area contributed by atoms with Gasteiger partial charge in [0.05, 0.1) is 0 Å². The van der Waals surface area contributed by atoms with Crippen LogP contribution in [0.5, 0.6) is 0 Å². The fourth-order valence-corrected chi connectivity index (χ4v) is 2.01. The van der Waals surface area contributed by atoms with E-state index in [1.807, 2.05) is 0 Å².